The molecule has 17 heteroatoms. The average Bonchev–Trinajstić information content (AvgIpc) is 3.53. The Bertz CT molecular complexity index is 2520. The molecule has 4 unspecified atom stereocenters. The summed E-state index contributed by atoms with van der Waals surface area (Å²) in [6.45, 7) is -0.0935. The van der Waals surface area contributed by atoms with E-state index in [9.17, 15) is 32.7 Å². The molecule has 2 aromatic heterocycles. The number of aromatic hydroxyl groups is 1. The van der Waals surface area contributed by atoms with Crippen molar-refractivity contribution in [3.05, 3.63) is 144 Å². The number of ether oxygens (including phenoxy) is 1. The molecule has 1 saturated carbocycles. The Morgan fingerprint density at radius 1 is 0.963 bits per heavy atom. The second-order valence-corrected chi connectivity index (χ2v) is 13.9. The molecule has 4 atom stereocenters. The number of para-hydroxylation sites is 1. The predicted octanol–water partition coefficient (Wildman–Crippen LogP) is 5.85. The first kappa shape index (κ1) is 35.2. The predicted molar refractivity (Wildman–Crippen MR) is 190 cm³/mol. The van der Waals surface area contributed by atoms with Crippen LogP contribution >= 0.6 is 23.2 Å². The number of imide groups is 1. The number of carbonyl (C=O) groups is 2. The quantitative estimate of drug-likeness (QED) is 0.162. The summed E-state index contributed by atoms with van der Waals surface area (Å²) in [6.07, 6.45) is -2.72. The van der Waals surface area contributed by atoms with Crippen LogP contribution in [0.25, 0.3) is 5.69 Å². The number of aromatic nitrogens is 4. The summed E-state index contributed by atoms with van der Waals surface area (Å²) in [5, 5.41) is 12.1. The number of amides is 2. The van der Waals surface area contributed by atoms with Crippen molar-refractivity contribution in [2.45, 2.75) is 36.5 Å². The Kier molecular flexibility index (Phi) is 8.26. The number of pyridine rings is 1. The second kappa shape index (κ2) is 12.7. The van der Waals surface area contributed by atoms with Crippen LogP contribution in [0.2, 0.25) is 10.0 Å². The van der Waals surface area contributed by atoms with Crippen molar-refractivity contribution in [1.29, 1.82) is 0 Å². The summed E-state index contributed by atoms with van der Waals surface area (Å²) in [7, 11) is 1.41. The van der Waals surface area contributed by atoms with Crippen LogP contribution in [-0.4, -0.2) is 48.0 Å². The van der Waals surface area contributed by atoms with Crippen molar-refractivity contribution >= 4 is 40.8 Å². The number of fused-ring (bicyclic) bond motifs is 4. The van der Waals surface area contributed by atoms with Gasteiger partial charge < -0.3 is 9.84 Å². The lowest BCUT2D eigenvalue weighted by Crippen LogP contribution is -2.53. The number of hydrogen-bond donors (Lipinski definition) is 2. The number of rotatable bonds is 6. The van der Waals surface area contributed by atoms with Gasteiger partial charge in [0.25, 0.3) is 11.8 Å². The zero-order valence-corrected chi connectivity index (χ0v) is 29.4. The number of hydrogen-bond acceptors (Lipinski definition) is 8. The van der Waals surface area contributed by atoms with Crippen LogP contribution in [-0.2, 0) is 27.7 Å². The SMILES string of the molecule is COc1ccc(C2C3=CCn4c(=O)n(-c5ccccc5)c(=O)n4C3CC3C(=O)N(Nc4ncc(C(F)(F)F)cc4Cl)C(=O)C32c2ccc(Cl)cc2)c(O)c1. The molecule has 0 spiro atoms. The van der Waals surface area contributed by atoms with Gasteiger partial charge in [-0.3, -0.25) is 15.0 Å². The number of nitrogens with one attached hydrogen (secondary N) is 1. The summed E-state index contributed by atoms with van der Waals surface area (Å²) < 4.78 is 49.2. The van der Waals surface area contributed by atoms with Gasteiger partial charge in [-0.25, -0.2) is 28.5 Å². The molecular formula is C37H27Cl2F3N6O6. The lowest BCUT2D eigenvalue weighted by Gasteiger charge is -2.49. The molecule has 276 valence electrons. The van der Waals surface area contributed by atoms with E-state index in [4.69, 9.17) is 27.9 Å². The zero-order valence-electron chi connectivity index (χ0n) is 27.9. The first-order valence-corrected chi connectivity index (χ1v) is 17.2. The summed E-state index contributed by atoms with van der Waals surface area (Å²) in [4.78, 5) is 61.9. The molecule has 5 aromatic rings. The fourth-order valence-corrected chi connectivity index (χ4v) is 8.42. The highest BCUT2D eigenvalue weighted by Gasteiger charge is 2.69. The minimum Gasteiger partial charge on any atom is -0.508 e. The van der Waals surface area contributed by atoms with Gasteiger partial charge in [-0.2, -0.15) is 18.2 Å². The van der Waals surface area contributed by atoms with Crippen molar-refractivity contribution in [1.82, 2.24) is 23.9 Å². The third kappa shape index (κ3) is 5.16. The number of hydrazine groups is 1. The molecule has 54 heavy (non-hydrogen) atoms. The van der Waals surface area contributed by atoms with Gasteiger partial charge in [0, 0.05) is 28.8 Å². The average molecular weight is 780 g/mol. The molecule has 3 aromatic carbocycles. The maximum absolute atomic E-state index is 15.2. The Morgan fingerprint density at radius 3 is 2.33 bits per heavy atom. The van der Waals surface area contributed by atoms with Crippen LogP contribution in [0.3, 0.4) is 0 Å². The maximum atomic E-state index is 15.2. The molecule has 3 aliphatic rings. The monoisotopic (exact) mass is 778 g/mol. The summed E-state index contributed by atoms with van der Waals surface area (Å²) in [6, 6.07) is 18.7. The number of alkyl halides is 3. The lowest BCUT2D eigenvalue weighted by atomic mass is 9.53. The third-order valence-corrected chi connectivity index (χ3v) is 10.9. The molecule has 8 rings (SSSR count). The maximum Gasteiger partial charge on any atom is 0.417 e. The van der Waals surface area contributed by atoms with Gasteiger partial charge in [0.15, 0.2) is 5.82 Å². The molecular weight excluding hydrogens is 752 g/mol. The Balaban J connectivity index is 1.36. The van der Waals surface area contributed by atoms with Crippen molar-refractivity contribution < 1.29 is 32.6 Å². The number of carbonyl (C=O) groups excluding carboxylic acids is 2. The summed E-state index contributed by atoms with van der Waals surface area (Å²) in [5.41, 5.74) is -0.436. The minimum atomic E-state index is -4.77. The fourth-order valence-electron chi connectivity index (χ4n) is 8.08. The summed E-state index contributed by atoms with van der Waals surface area (Å²) in [5.74, 6) is -4.51. The zero-order chi connectivity index (χ0) is 38.3. The molecule has 0 bridgehead atoms. The second-order valence-electron chi connectivity index (χ2n) is 13.0. The highest BCUT2D eigenvalue weighted by Crippen LogP contribution is 2.63. The van der Waals surface area contributed by atoms with E-state index in [1.54, 1.807) is 72.8 Å². The Morgan fingerprint density at radius 2 is 1.69 bits per heavy atom. The van der Waals surface area contributed by atoms with Crippen LogP contribution in [0.4, 0.5) is 19.0 Å². The van der Waals surface area contributed by atoms with E-state index in [0.29, 0.717) is 44.9 Å². The molecule has 12 nitrogen and oxygen atoms in total. The Labute approximate surface area is 313 Å². The van der Waals surface area contributed by atoms with E-state index < -0.39 is 69.1 Å². The molecule has 2 fully saturated rings. The molecule has 0 radical (unpaired) electrons. The molecule has 2 N–H and O–H groups in total. The summed E-state index contributed by atoms with van der Waals surface area (Å²) >= 11 is 12.5. The number of benzene rings is 3. The first-order chi connectivity index (χ1) is 25.8. The van der Waals surface area contributed by atoms with E-state index in [2.05, 4.69) is 10.4 Å². The van der Waals surface area contributed by atoms with E-state index >= 15 is 4.79 Å². The van der Waals surface area contributed by atoms with Crippen LogP contribution in [0, 0.1) is 5.92 Å². The minimum absolute atomic E-state index is 0.0935. The van der Waals surface area contributed by atoms with Gasteiger partial charge >= 0.3 is 17.6 Å². The van der Waals surface area contributed by atoms with Crippen molar-refractivity contribution in [2.24, 2.45) is 5.92 Å². The number of anilines is 1. The lowest BCUT2D eigenvalue weighted by molar-refractivity contribution is -0.139. The largest absolute Gasteiger partial charge is 0.508 e. The van der Waals surface area contributed by atoms with Crippen LogP contribution in [0.15, 0.2) is 106 Å². The number of phenolic OH excluding ortho intramolecular Hbond substituents is 1. The number of allylic oxidation sites excluding steroid dienone is 2. The highest BCUT2D eigenvalue weighted by molar-refractivity contribution is 6.33. The van der Waals surface area contributed by atoms with Gasteiger partial charge in [-0.15, -0.1) is 0 Å². The number of methoxy groups -OCH3 is 1. The molecule has 1 aliphatic carbocycles. The van der Waals surface area contributed by atoms with Gasteiger partial charge in [-0.05, 0) is 54.0 Å². The van der Waals surface area contributed by atoms with Crippen LogP contribution in [0.1, 0.15) is 35.1 Å². The fraction of sp³-hybridized carbons (Fsp3) is 0.216. The van der Waals surface area contributed by atoms with Gasteiger partial charge in [0.05, 0.1) is 47.3 Å². The standard InChI is InChI=1S/C37H27Cl2F3N6O6/c1-54-23-11-12-25(29(49)16-23)30-24-13-14-45-34(52)46(22-5-3-2-4-6-22)35(53)48(45)28(24)17-26-32(50)47(33(51)36(26,30)19-7-9-21(38)10-8-19)44-31-27(39)15-20(18-43-31)37(40,41)42/h2-13,15-16,18,26,28,30,49H,14,17H2,1H3,(H,43,44). The van der Waals surface area contributed by atoms with E-state index in [0.717, 1.165) is 4.57 Å². The third-order valence-electron chi connectivity index (χ3n) is 10.4. The van der Waals surface area contributed by atoms with Crippen molar-refractivity contribution in [3.63, 3.8) is 0 Å². The number of nitrogens with zero attached hydrogens (tertiary/aromatic N) is 5. The van der Waals surface area contributed by atoms with Gasteiger partial charge in [-0.1, -0.05) is 65.7 Å². The van der Waals surface area contributed by atoms with Crippen LogP contribution in [0.5, 0.6) is 11.5 Å². The first-order valence-electron chi connectivity index (χ1n) is 16.5. The van der Waals surface area contributed by atoms with Gasteiger partial charge in [0.2, 0.25) is 0 Å². The molecule has 2 aliphatic heterocycles. The topological polar surface area (TPSA) is 141 Å². The normalized spacial score (nSPS) is 22.0. The van der Waals surface area contributed by atoms with Crippen molar-refractivity contribution in [3.8, 4) is 17.2 Å². The number of halogens is 5. The number of phenols is 1. The molecule has 2 amide bonds. The van der Waals surface area contributed by atoms with E-state index in [1.807, 2.05) is 0 Å². The van der Waals surface area contributed by atoms with Crippen LogP contribution < -0.4 is 21.5 Å². The molecule has 4 heterocycles. The molecule has 1 saturated heterocycles. The van der Waals surface area contributed by atoms with Crippen molar-refractivity contribution in [2.75, 3.05) is 12.5 Å². The van der Waals surface area contributed by atoms with Gasteiger partial charge in [0.1, 0.15) is 11.5 Å². The Hall–Kier alpha value is -5.80. The van der Waals surface area contributed by atoms with E-state index in [1.165, 1.54) is 22.5 Å². The van der Waals surface area contributed by atoms with E-state index in [-0.39, 0.29) is 24.3 Å². The smallest absolute Gasteiger partial charge is 0.417 e. The highest BCUT2D eigenvalue weighted by atomic mass is 35.5.